The number of carbonyl (C=O) groups excluding carboxylic acids is 1. The van der Waals surface area contributed by atoms with Gasteiger partial charge < -0.3 is 14.8 Å². The van der Waals surface area contributed by atoms with Crippen molar-refractivity contribution in [2.75, 3.05) is 26.4 Å². The molecule has 1 aliphatic rings. The van der Waals surface area contributed by atoms with E-state index >= 15 is 0 Å². The lowest BCUT2D eigenvalue weighted by Gasteiger charge is -2.38. The van der Waals surface area contributed by atoms with Crippen molar-refractivity contribution in [3.05, 3.63) is 64.7 Å². The van der Waals surface area contributed by atoms with Gasteiger partial charge in [-0.2, -0.15) is 0 Å². The second kappa shape index (κ2) is 9.20. The van der Waals surface area contributed by atoms with E-state index < -0.39 is 5.82 Å². The predicted molar refractivity (Wildman–Crippen MR) is 121 cm³/mol. The molecule has 1 amide bonds. The Morgan fingerprint density at radius 3 is 2.50 bits per heavy atom. The van der Waals surface area contributed by atoms with Gasteiger partial charge in [0.15, 0.2) is 0 Å². The van der Waals surface area contributed by atoms with Crippen LogP contribution < -0.4 is 10.1 Å². The molecule has 1 saturated heterocycles. The summed E-state index contributed by atoms with van der Waals surface area (Å²) >= 11 is 0. The third kappa shape index (κ3) is 4.43. The van der Waals surface area contributed by atoms with Crippen LogP contribution in [-0.4, -0.2) is 42.2 Å². The SMILES string of the molecule is CCOc1ccc(C2(CNC(=O)c3cc(F)cc4nc(C)c(C)nc34)CCOCC2)cc1. The van der Waals surface area contributed by atoms with Crippen LogP contribution in [0.25, 0.3) is 11.0 Å². The number of amides is 1. The van der Waals surface area contributed by atoms with Gasteiger partial charge >= 0.3 is 0 Å². The summed E-state index contributed by atoms with van der Waals surface area (Å²) in [7, 11) is 0. The fourth-order valence-electron chi connectivity index (χ4n) is 4.22. The molecule has 1 aromatic heterocycles. The van der Waals surface area contributed by atoms with E-state index in [2.05, 4.69) is 27.4 Å². The highest BCUT2D eigenvalue weighted by Crippen LogP contribution is 2.35. The number of fused-ring (bicyclic) bond motifs is 1. The monoisotopic (exact) mass is 437 g/mol. The van der Waals surface area contributed by atoms with Crippen LogP contribution in [-0.2, 0) is 10.2 Å². The van der Waals surface area contributed by atoms with Gasteiger partial charge in [0, 0.05) is 31.2 Å². The Labute approximate surface area is 187 Å². The standard InChI is InChI=1S/C25H28FN3O3/c1-4-32-20-7-5-18(6-8-20)25(9-11-31-12-10-25)15-27-24(30)21-13-19(26)14-22-23(21)29-17(3)16(2)28-22/h5-8,13-14H,4,9-12,15H2,1-3H3,(H,27,30). The number of ether oxygens (including phenoxy) is 2. The van der Waals surface area contributed by atoms with Crippen molar-refractivity contribution in [2.24, 2.45) is 0 Å². The van der Waals surface area contributed by atoms with Gasteiger partial charge in [-0.25, -0.2) is 14.4 Å². The van der Waals surface area contributed by atoms with Crippen LogP contribution in [0.2, 0.25) is 0 Å². The molecule has 0 saturated carbocycles. The van der Waals surface area contributed by atoms with Crippen LogP contribution >= 0.6 is 0 Å². The molecule has 1 N–H and O–H groups in total. The lowest BCUT2D eigenvalue weighted by Crippen LogP contribution is -2.44. The van der Waals surface area contributed by atoms with E-state index in [-0.39, 0.29) is 16.9 Å². The Kier molecular flexibility index (Phi) is 6.37. The zero-order valence-corrected chi connectivity index (χ0v) is 18.7. The quantitative estimate of drug-likeness (QED) is 0.624. The molecular weight excluding hydrogens is 409 g/mol. The average molecular weight is 438 g/mol. The molecule has 32 heavy (non-hydrogen) atoms. The summed E-state index contributed by atoms with van der Waals surface area (Å²) in [5.74, 6) is -0.0469. The van der Waals surface area contributed by atoms with Crippen LogP contribution in [0.15, 0.2) is 36.4 Å². The lowest BCUT2D eigenvalue weighted by molar-refractivity contribution is 0.0487. The molecule has 0 radical (unpaired) electrons. The van der Waals surface area contributed by atoms with Gasteiger partial charge in [0.05, 0.1) is 29.1 Å². The molecule has 2 heterocycles. The van der Waals surface area contributed by atoms with Crippen LogP contribution in [0.1, 0.15) is 47.1 Å². The molecule has 0 aliphatic carbocycles. The number of nitrogens with one attached hydrogen (secondary N) is 1. The number of aromatic nitrogens is 2. The minimum atomic E-state index is -0.507. The molecule has 0 unspecified atom stereocenters. The zero-order valence-electron chi connectivity index (χ0n) is 18.7. The smallest absolute Gasteiger partial charge is 0.253 e. The first-order valence-corrected chi connectivity index (χ1v) is 11.0. The lowest BCUT2D eigenvalue weighted by atomic mass is 9.74. The molecule has 7 heteroatoms. The van der Waals surface area contributed by atoms with Crippen molar-refractivity contribution in [3.8, 4) is 5.75 Å². The van der Waals surface area contributed by atoms with Gasteiger partial charge in [0.2, 0.25) is 0 Å². The first kappa shape index (κ1) is 22.1. The van der Waals surface area contributed by atoms with Crippen LogP contribution in [0.4, 0.5) is 4.39 Å². The van der Waals surface area contributed by atoms with Gasteiger partial charge in [-0.3, -0.25) is 4.79 Å². The summed E-state index contributed by atoms with van der Waals surface area (Å²) in [4.78, 5) is 22.1. The summed E-state index contributed by atoms with van der Waals surface area (Å²) in [6.07, 6.45) is 1.56. The Bertz CT molecular complexity index is 1130. The fraction of sp³-hybridized carbons (Fsp3) is 0.400. The molecule has 0 bridgehead atoms. The molecule has 4 rings (SSSR count). The third-order valence-electron chi connectivity index (χ3n) is 6.21. The summed E-state index contributed by atoms with van der Waals surface area (Å²) in [6.45, 7) is 7.86. The van der Waals surface area contributed by atoms with Crippen LogP contribution in [0.3, 0.4) is 0 Å². The largest absolute Gasteiger partial charge is 0.494 e. The highest BCUT2D eigenvalue weighted by Gasteiger charge is 2.35. The highest BCUT2D eigenvalue weighted by atomic mass is 19.1. The summed E-state index contributed by atoms with van der Waals surface area (Å²) in [6, 6.07) is 10.6. The number of nitrogens with zero attached hydrogens (tertiary/aromatic N) is 2. The van der Waals surface area contributed by atoms with Gasteiger partial charge in [-0.1, -0.05) is 12.1 Å². The predicted octanol–water partition coefficient (Wildman–Crippen LogP) is 4.26. The van der Waals surface area contributed by atoms with Crippen molar-refractivity contribution in [3.63, 3.8) is 0 Å². The number of hydrogen-bond acceptors (Lipinski definition) is 5. The number of carbonyl (C=O) groups is 1. The molecule has 0 spiro atoms. The minimum absolute atomic E-state index is 0.199. The number of rotatable bonds is 6. The first-order valence-electron chi connectivity index (χ1n) is 11.0. The van der Waals surface area contributed by atoms with Crippen molar-refractivity contribution in [2.45, 2.75) is 39.0 Å². The number of benzene rings is 2. The van der Waals surface area contributed by atoms with Gasteiger partial charge in [0.25, 0.3) is 5.91 Å². The highest BCUT2D eigenvalue weighted by molar-refractivity contribution is 6.04. The van der Waals surface area contributed by atoms with Crippen molar-refractivity contribution in [1.82, 2.24) is 15.3 Å². The molecule has 6 nitrogen and oxygen atoms in total. The number of halogens is 1. The number of hydrogen-bond donors (Lipinski definition) is 1. The maximum atomic E-state index is 14.2. The first-order chi connectivity index (χ1) is 15.4. The Balaban J connectivity index is 1.61. The van der Waals surface area contributed by atoms with E-state index in [9.17, 15) is 9.18 Å². The topological polar surface area (TPSA) is 73.3 Å². The van der Waals surface area contributed by atoms with E-state index in [1.807, 2.05) is 32.9 Å². The minimum Gasteiger partial charge on any atom is -0.494 e. The van der Waals surface area contributed by atoms with Gasteiger partial charge in [-0.05, 0) is 57.4 Å². The fourth-order valence-corrected chi connectivity index (χ4v) is 4.22. The normalized spacial score (nSPS) is 15.5. The molecule has 168 valence electrons. The molecule has 2 aromatic carbocycles. The molecular formula is C25H28FN3O3. The Morgan fingerprint density at radius 1 is 1.12 bits per heavy atom. The van der Waals surface area contributed by atoms with E-state index in [1.165, 1.54) is 12.1 Å². The number of aryl methyl sites for hydroxylation is 2. The average Bonchev–Trinajstić information content (AvgIpc) is 2.79. The van der Waals surface area contributed by atoms with Gasteiger partial charge in [0.1, 0.15) is 17.1 Å². The maximum absolute atomic E-state index is 14.2. The van der Waals surface area contributed by atoms with E-state index in [0.29, 0.717) is 48.8 Å². The second-order valence-corrected chi connectivity index (χ2v) is 8.25. The zero-order chi connectivity index (χ0) is 22.7. The van der Waals surface area contributed by atoms with Crippen molar-refractivity contribution < 1.29 is 18.7 Å². The summed E-state index contributed by atoms with van der Waals surface area (Å²) in [5.41, 5.74) is 3.28. The molecule has 1 aliphatic heterocycles. The Morgan fingerprint density at radius 2 is 1.81 bits per heavy atom. The van der Waals surface area contributed by atoms with E-state index in [1.54, 1.807) is 0 Å². The second-order valence-electron chi connectivity index (χ2n) is 8.25. The van der Waals surface area contributed by atoms with Crippen molar-refractivity contribution >= 4 is 16.9 Å². The van der Waals surface area contributed by atoms with Crippen LogP contribution in [0, 0.1) is 19.7 Å². The van der Waals surface area contributed by atoms with E-state index in [4.69, 9.17) is 9.47 Å². The van der Waals surface area contributed by atoms with Gasteiger partial charge in [-0.15, -0.1) is 0 Å². The maximum Gasteiger partial charge on any atom is 0.253 e. The summed E-state index contributed by atoms with van der Waals surface area (Å²) in [5, 5.41) is 3.04. The molecule has 1 fully saturated rings. The molecule has 3 aromatic rings. The van der Waals surface area contributed by atoms with Crippen molar-refractivity contribution in [1.29, 1.82) is 0 Å². The van der Waals surface area contributed by atoms with E-state index in [0.717, 1.165) is 24.2 Å². The third-order valence-corrected chi connectivity index (χ3v) is 6.21. The summed E-state index contributed by atoms with van der Waals surface area (Å²) < 4.78 is 25.4. The Hall–Kier alpha value is -3.06. The molecule has 0 atom stereocenters. The van der Waals surface area contributed by atoms with Crippen LogP contribution in [0.5, 0.6) is 5.75 Å².